The molecule has 31 heavy (non-hydrogen) atoms. The Hall–Kier alpha value is -2.95. The van der Waals surface area contributed by atoms with Crippen LogP contribution in [0.3, 0.4) is 0 Å². The number of phenolic OH excluding ortho intramolecular Hbond substituents is 1. The second kappa shape index (κ2) is 8.66. The number of amides is 1. The summed E-state index contributed by atoms with van der Waals surface area (Å²) in [6.45, 7) is 4.81. The zero-order valence-electron chi connectivity index (χ0n) is 16.9. The largest absolute Gasteiger partial charge is 0.508 e. The standard InChI is InChI=1S/C20H21ClN6O3S/c1-10-5-13(29)6-14(21)18(10)26-19(30)15-8-22-20(31-15)25-16-7-17(24-11(2)23-16)27-4-3-12(28)9-27/h5-8,12,28-29H,3-4,9H2,1-2H3,(H,26,30)(H,22,23,24,25). The Morgan fingerprint density at radius 2 is 2.10 bits per heavy atom. The van der Waals surface area contributed by atoms with Crippen molar-refractivity contribution in [2.75, 3.05) is 28.6 Å². The van der Waals surface area contributed by atoms with E-state index in [1.165, 1.54) is 29.7 Å². The van der Waals surface area contributed by atoms with Gasteiger partial charge in [0.25, 0.3) is 5.91 Å². The first-order chi connectivity index (χ1) is 14.8. The van der Waals surface area contributed by atoms with Crippen molar-refractivity contribution in [2.24, 2.45) is 0 Å². The molecule has 4 rings (SSSR count). The molecule has 4 N–H and O–H groups in total. The summed E-state index contributed by atoms with van der Waals surface area (Å²) >= 11 is 7.31. The summed E-state index contributed by atoms with van der Waals surface area (Å²) in [5.74, 6) is 1.56. The van der Waals surface area contributed by atoms with Crippen LogP contribution in [-0.2, 0) is 0 Å². The predicted octanol–water partition coefficient (Wildman–Crippen LogP) is 3.48. The van der Waals surface area contributed by atoms with Crippen LogP contribution in [0.5, 0.6) is 5.75 Å². The number of carbonyl (C=O) groups is 1. The number of β-amino-alcohol motifs (C(OH)–C–C–N with tert-alkyl or cyclic N) is 1. The number of hydrogen-bond acceptors (Lipinski definition) is 9. The van der Waals surface area contributed by atoms with Gasteiger partial charge in [-0.05, 0) is 31.9 Å². The highest BCUT2D eigenvalue weighted by Gasteiger charge is 2.22. The Bertz CT molecular complexity index is 1110. The molecule has 0 radical (unpaired) electrons. The maximum Gasteiger partial charge on any atom is 0.267 e. The highest BCUT2D eigenvalue weighted by Crippen LogP contribution is 2.31. The Morgan fingerprint density at radius 3 is 2.81 bits per heavy atom. The van der Waals surface area contributed by atoms with E-state index in [2.05, 4.69) is 25.6 Å². The molecule has 0 saturated carbocycles. The van der Waals surface area contributed by atoms with E-state index < -0.39 is 0 Å². The van der Waals surface area contributed by atoms with E-state index in [-0.39, 0.29) is 22.8 Å². The fourth-order valence-corrected chi connectivity index (χ4v) is 4.36. The minimum absolute atomic E-state index is 0.0349. The molecule has 3 heterocycles. The summed E-state index contributed by atoms with van der Waals surface area (Å²) in [5, 5.41) is 26.0. The van der Waals surface area contributed by atoms with Gasteiger partial charge in [0.05, 0.1) is 23.0 Å². The van der Waals surface area contributed by atoms with Crippen LogP contribution in [0.4, 0.5) is 22.5 Å². The Labute approximate surface area is 187 Å². The maximum atomic E-state index is 12.6. The highest BCUT2D eigenvalue weighted by molar-refractivity contribution is 7.17. The normalized spacial score (nSPS) is 15.9. The van der Waals surface area contributed by atoms with Crippen LogP contribution < -0.4 is 15.5 Å². The fraction of sp³-hybridized carbons (Fsp3) is 0.300. The molecule has 2 aromatic heterocycles. The van der Waals surface area contributed by atoms with Gasteiger partial charge in [0.2, 0.25) is 0 Å². The third kappa shape index (κ3) is 4.87. The van der Waals surface area contributed by atoms with E-state index in [9.17, 15) is 15.0 Å². The molecule has 3 aromatic rings. The molecule has 1 unspecified atom stereocenters. The van der Waals surface area contributed by atoms with Gasteiger partial charge in [-0.25, -0.2) is 15.0 Å². The summed E-state index contributed by atoms with van der Waals surface area (Å²) in [6, 6.07) is 4.69. The van der Waals surface area contributed by atoms with Crippen molar-refractivity contribution in [3.63, 3.8) is 0 Å². The summed E-state index contributed by atoms with van der Waals surface area (Å²) in [4.78, 5) is 28.1. The van der Waals surface area contributed by atoms with Crippen molar-refractivity contribution < 1.29 is 15.0 Å². The van der Waals surface area contributed by atoms with Gasteiger partial charge in [-0.15, -0.1) is 0 Å². The molecule has 1 aliphatic heterocycles. The predicted molar refractivity (Wildman–Crippen MR) is 121 cm³/mol. The lowest BCUT2D eigenvalue weighted by Crippen LogP contribution is -2.22. The zero-order valence-corrected chi connectivity index (χ0v) is 18.5. The number of aromatic hydroxyl groups is 1. The van der Waals surface area contributed by atoms with Crippen molar-refractivity contribution in [1.29, 1.82) is 0 Å². The number of hydrogen-bond donors (Lipinski definition) is 4. The maximum absolute atomic E-state index is 12.6. The van der Waals surface area contributed by atoms with Gasteiger partial charge in [0.1, 0.15) is 28.1 Å². The lowest BCUT2D eigenvalue weighted by Gasteiger charge is -2.17. The van der Waals surface area contributed by atoms with Crippen LogP contribution in [0.25, 0.3) is 0 Å². The molecule has 1 atom stereocenters. The van der Waals surface area contributed by atoms with Gasteiger partial charge in [0.15, 0.2) is 5.13 Å². The number of nitrogens with zero attached hydrogens (tertiary/aromatic N) is 4. The molecule has 162 valence electrons. The zero-order chi connectivity index (χ0) is 22.1. The van der Waals surface area contributed by atoms with Crippen molar-refractivity contribution in [3.8, 4) is 5.75 Å². The Morgan fingerprint density at radius 1 is 1.29 bits per heavy atom. The molecule has 1 amide bonds. The van der Waals surface area contributed by atoms with Crippen molar-refractivity contribution >= 4 is 51.3 Å². The number of anilines is 4. The molecule has 0 bridgehead atoms. The Balaban J connectivity index is 1.48. The number of rotatable bonds is 5. The summed E-state index contributed by atoms with van der Waals surface area (Å²) in [6.07, 6.45) is 1.83. The number of carbonyl (C=O) groups excluding carboxylic acids is 1. The molecule has 1 saturated heterocycles. The molecule has 11 heteroatoms. The van der Waals surface area contributed by atoms with Gasteiger partial charge >= 0.3 is 0 Å². The molecule has 1 fully saturated rings. The SMILES string of the molecule is Cc1nc(Nc2ncc(C(=O)Nc3c(C)cc(O)cc3Cl)s2)cc(N2CCC(O)C2)n1. The number of aliphatic hydroxyl groups excluding tert-OH is 1. The third-order valence-corrected chi connectivity index (χ3v) is 6.00. The second-order valence-electron chi connectivity index (χ2n) is 7.28. The second-order valence-corrected chi connectivity index (χ2v) is 8.71. The number of nitrogens with one attached hydrogen (secondary N) is 2. The highest BCUT2D eigenvalue weighted by atomic mass is 35.5. The van der Waals surface area contributed by atoms with Crippen LogP contribution in [-0.4, -0.2) is 50.3 Å². The number of aryl methyl sites for hydroxylation is 2. The molecule has 0 aliphatic carbocycles. The van der Waals surface area contributed by atoms with Crippen molar-refractivity contribution in [3.05, 3.63) is 45.7 Å². The topological polar surface area (TPSA) is 124 Å². The van der Waals surface area contributed by atoms with E-state index in [4.69, 9.17) is 11.6 Å². The minimum atomic E-state index is -0.355. The number of benzene rings is 1. The summed E-state index contributed by atoms with van der Waals surface area (Å²) < 4.78 is 0. The molecular weight excluding hydrogens is 440 g/mol. The molecule has 0 spiro atoms. The van der Waals surface area contributed by atoms with E-state index >= 15 is 0 Å². The molecular formula is C20H21ClN6O3S. The van der Waals surface area contributed by atoms with Gasteiger partial charge in [0, 0.05) is 25.2 Å². The third-order valence-electron chi connectivity index (χ3n) is 4.79. The first kappa shape index (κ1) is 21.3. The molecule has 1 aromatic carbocycles. The van der Waals surface area contributed by atoms with Gasteiger partial charge in [-0.3, -0.25) is 4.79 Å². The van der Waals surface area contributed by atoms with Crippen molar-refractivity contribution in [1.82, 2.24) is 15.0 Å². The number of thiazole rings is 1. The molecule has 9 nitrogen and oxygen atoms in total. The summed E-state index contributed by atoms with van der Waals surface area (Å²) in [7, 11) is 0. The lowest BCUT2D eigenvalue weighted by molar-refractivity contribution is 0.103. The molecule has 1 aliphatic rings. The van der Waals surface area contributed by atoms with Crippen molar-refractivity contribution in [2.45, 2.75) is 26.4 Å². The van der Waals surface area contributed by atoms with E-state index in [0.29, 0.717) is 45.9 Å². The van der Waals surface area contributed by atoms with E-state index in [1.54, 1.807) is 19.9 Å². The van der Waals surface area contributed by atoms with Gasteiger partial charge in [-0.1, -0.05) is 22.9 Å². The first-order valence-electron chi connectivity index (χ1n) is 9.60. The smallest absolute Gasteiger partial charge is 0.267 e. The van der Waals surface area contributed by atoms with E-state index in [0.717, 1.165) is 12.4 Å². The first-order valence-corrected chi connectivity index (χ1v) is 10.8. The number of halogens is 1. The van der Waals surface area contributed by atoms with Crippen LogP contribution >= 0.6 is 22.9 Å². The van der Waals surface area contributed by atoms with Crippen LogP contribution in [0.1, 0.15) is 27.5 Å². The number of aliphatic hydroxyl groups is 1. The summed E-state index contributed by atoms with van der Waals surface area (Å²) in [5.41, 5.74) is 1.09. The number of phenols is 1. The van der Waals surface area contributed by atoms with Crippen LogP contribution in [0, 0.1) is 13.8 Å². The average molecular weight is 461 g/mol. The van der Waals surface area contributed by atoms with Crippen LogP contribution in [0.2, 0.25) is 5.02 Å². The monoisotopic (exact) mass is 460 g/mol. The fourth-order valence-electron chi connectivity index (χ4n) is 3.33. The number of aromatic nitrogens is 3. The average Bonchev–Trinajstić information content (AvgIpc) is 3.33. The van der Waals surface area contributed by atoms with Crippen LogP contribution in [0.15, 0.2) is 24.4 Å². The minimum Gasteiger partial charge on any atom is -0.508 e. The van der Waals surface area contributed by atoms with E-state index in [1.807, 2.05) is 4.90 Å². The lowest BCUT2D eigenvalue weighted by atomic mass is 10.2. The van der Waals surface area contributed by atoms with Gasteiger partial charge < -0.3 is 25.7 Å². The van der Waals surface area contributed by atoms with Gasteiger partial charge in [-0.2, -0.15) is 0 Å². The Kier molecular flexibility index (Phi) is 5.94. The quantitative estimate of drug-likeness (QED) is 0.427.